The Bertz CT molecular complexity index is 1180. The van der Waals surface area contributed by atoms with Crippen molar-refractivity contribution in [3.05, 3.63) is 71.8 Å². The summed E-state index contributed by atoms with van der Waals surface area (Å²) >= 11 is 0. The van der Waals surface area contributed by atoms with Crippen LogP contribution in [0.15, 0.2) is 60.7 Å². The van der Waals surface area contributed by atoms with Crippen LogP contribution in [0.3, 0.4) is 0 Å². The van der Waals surface area contributed by atoms with Gasteiger partial charge in [0.2, 0.25) is 17.7 Å². The summed E-state index contributed by atoms with van der Waals surface area (Å²) in [6, 6.07) is 17.5. The molecule has 214 valence electrons. The zero-order valence-corrected chi connectivity index (χ0v) is 23.7. The van der Waals surface area contributed by atoms with Crippen LogP contribution in [0, 0.1) is 17.8 Å². The van der Waals surface area contributed by atoms with Crippen LogP contribution in [0.2, 0.25) is 0 Å². The van der Waals surface area contributed by atoms with Crippen molar-refractivity contribution < 1.29 is 23.9 Å². The van der Waals surface area contributed by atoms with Crippen LogP contribution in [0.25, 0.3) is 0 Å². The Hall–Kier alpha value is -3.68. The lowest BCUT2D eigenvalue weighted by molar-refractivity contribution is -0.145. The van der Waals surface area contributed by atoms with E-state index in [1.807, 2.05) is 74.5 Å². The van der Waals surface area contributed by atoms with E-state index in [0.29, 0.717) is 31.6 Å². The van der Waals surface area contributed by atoms with Crippen LogP contribution in [-0.4, -0.2) is 48.4 Å². The van der Waals surface area contributed by atoms with Gasteiger partial charge in [-0.25, -0.2) is 4.79 Å². The highest BCUT2D eigenvalue weighted by Crippen LogP contribution is 2.49. The van der Waals surface area contributed by atoms with E-state index in [1.165, 1.54) is 7.11 Å². The number of carbonyl (C=O) groups excluding carboxylic acids is 4. The van der Waals surface area contributed by atoms with E-state index >= 15 is 0 Å². The maximum Gasteiger partial charge on any atom is 0.328 e. The number of benzene rings is 2. The number of nitrogens with one attached hydrogen (secondary N) is 3. The first-order valence-corrected chi connectivity index (χ1v) is 14.3. The Kier molecular flexibility index (Phi) is 9.61. The Morgan fingerprint density at radius 1 is 0.900 bits per heavy atom. The molecule has 2 aromatic rings. The number of amides is 3. The van der Waals surface area contributed by atoms with Crippen molar-refractivity contribution in [2.24, 2.45) is 17.8 Å². The molecule has 4 rings (SSSR count). The van der Waals surface area contributed by atoms with Crippen molar-refractivity contribution in [1.82, 2.24) is 16.0 Å². The van der Waals surface area contributed by atoms with Gasteiger partial charge in [-0.2, -0.15) is 0 Å². The molecule has 0 spiro atoms. The van der Waals surface area contributed by atoms with Gasteiger partial charge in [0.1, 0.15) is 17.6 Å². The number of aryl methyl sites for hydroxylation is 1. The minimum Gasteiger partial charge on any atom is -0.467 e. The van der Waals surface area contributed by atoms with E-state index in [0.717, 1.165) is 24.0 Å². The summed E-state index contributed by atoms with van der Waals surface area (Å²) in [5.74, 6) is -1.04. The van der Waals surface area contributed by atoms with Gasteiger partial charge < -0.3 is 20.7 Å². The molecule has 0 aliphatic heterocycles. The molecule has 3 amide bonds. The van der Waals surface area contributed by atoms with Gasteiger partial charge in [-0.1, -0.05) is 74.5 Å². The van der Waals surface area contributed by atoms with Gasteiger partial charge in [-0.05, 0) is 61.0 Å². The molecule has 4 atom stereocenters. The van der Waals surface area contributed by atoms with Crippen molar-refractivity contribution in [1.29, 1.82) is 0 Å². The summed E-state index contributed by atoms with van der Waals surface area (Å²) in [5, 5.41) is 8.82. The molecular formula is C32H41N3O5. The lowest BCUT2D eigenvalue weighted by Gasteiger charge is -2.26. The molecule has 3 N–H and O–H groups in total. The fourth-order valence-corrected chi connectivity index (χ4v) is 5.40. The fourth-order valence-electron chi connectivity index (χ4n) is 5.40. The average Bonchev–Trinajstić information content (AvgIpc) is 3.88. The van der Waals surface area contributed by atoms with E-state index in [1.54, 1.807) is 0 Å². The second kappa shape index (κ2) is 13.1. The standard InChI is InChI=1S/C32H41N3O5/c1-21(2)25-20-32(25,31(39)34-27(30(38)40-3)18-23-12-8-5-9-13-23)35-29(37)26(33-28(36)19-24-14-15-24)17-16-22-10-6-4-7-11-22/h4-13,21,24-27H,14-20H2,1-3H3,(H,33,36)(H,34,39)(H,35,37)/t25-,26-,27-,32+/m0/s1. The van der Waals surface area contributed by atoms with E-state index in [9.17, 15) is 19.2 Å². The van der Waals surface area contributed by atoms with Gasteiger partial charge in [0, 0.05) is 12.8 Å². The molecule has 2 saturated carbocycles. The van der Waals surface area contributed by atoms with Crippen molar-refractivity contribution in [2.75, 3.05) is 7.11 Å². The molecule has 2 aliphatic rings. The van der Waals surface area contributed by atoms with Crippen molar-refractivity contribution in [2.45, 2.75) is 76.4 Å². The highest BCUT2D eigenvalue weighted by Gasteiger charge is 2.62. The maximum atomic E-state index is 13.8. The lowest BCUT2D eigenvalue weighted by atomic mass is 10.00. The minimum atomic E-state index is -1.15. The largest absolute Gasteiger partial charge is 0.467 e. The van der Waals surface area contributed by atoms with Crippen LogP contribution in [0.1, 0.15) is 57.1 Å². The Balaban J connectivity index is 1.49. The molecule has 8 nitrogen and oxygen atoms in total. The van der Waals surface area contributed by atoms with Crippen LogP contribution in [-0.2, 0) is 36.8 Å². The third-order valence-electron chi connectivity index (χ3n) is 8.03. The fraction of sp³-hybridized carbons (Fsp3) is 0.500. The summed E-state index contributed by atoms with van der Waals surface area (Å²) in [4.78, 5) is 52.8. The molecule has 0 bridgehead atoms. The molecule has 0 aromatic heterocycles. The monoisotopic (exact) mass is 547 g/mol. The van der Waals surface area contributed by atoms with Crippen molar-refractivity contribution in [3.63, 3.8) is 0 Å². The number of hydrogen-bond donors (Lipinski definition) is 3. The first kappa shape index (κ1) is 29.3. The third kappa shape index (κ3) is 7.71. The van der Waals surface area contributed by atoms with Crippen molar-refractivity contribution in [3.8, 4) is 0 Å². The Morgan fingerprint density at radius 3 is 2.08 bits per heavy atom. The molecular weight excluding hydrogens is 506 g/mol. The minimum absolute atomic E-state index is 0.0941. The number of rotatable bonds is 14. The smallest absolute Gasteiger partial charge is 0.328 e. The molecule has 0 radical (unpaired) electrons. The molecule has 40 heavy (non-hydrogen) atoms. The second-order valence-electron chi connectivity index (χ2n) is 11.5. The van der Waals surface area contributed by atoms with Crippen LogP contribution in [0.4, 0.5) is 0 Å². The quantitative estimate of drug-likeness (QED) is 0.314. The second-order valence-corrected chi connectivity index (χ2v) is 11.5. The van der Waals surface area contributed by atoms with E-state index in [4.69, 9.17) is 4.74 Å². The first-order chi connectivity index (χ1) is 19.2. The number of ether oxygens (including phenoxy) is 1. The predicted octanol–water partition coefficient (Wildman–Crippen LogP) is 3.34. The summed E-state index contributed by atoms with van der Waals surface area (Å²) in [7, 11) is 1.29. The molecule has 0 unspecified atom stereocenters. The van der Waals surface area contributed by atoms with Crippen molar-refractivity contribution >= 4 is 23.7 Å². The summed E-state index contributed by atoms with van der Waals surface area (Å²) in [6.07, 6.45) is 4.24. The normalized spacial score (nSPS) is 21.1. The van der Waals surface area contributed by atoms with E-state index in [2.05, 4.69) is 16.0 Å². The molecule has 2 aliphatic carbocycles. The van der Waals surface area contributed by atoms with Gasteiger partial charge in [-0.15, -0.1) is 0 Å². The Labute approximate surface area is 236 Å². The maximum absolute atomic E-state index is 13.8. The van der Waals surface area contributed by atoms with Gasteiger partial charge in [0.15, 0.2) is 0 Å². The summed E-state index contributed by atoms with van der Waals surface area (Å²) in [5.41, 5.74) is 0.796. The number of methoxy groups -OCH3 is 1. The van der Waals surface area contributed by atoms with Crippen LogP contribution >= 0.6 is 0 Å². The summed E-state index contributed by atoms with van der Waals surface area (Å²) < 4.78 is 4.98. The zero-order valence-electron chi connectivity index (χ0n) is 23.7. The number of carbonyl (C=O) groups is 4. The first-order valence-electron chi connectivity index (χ1n) is 14.3. The molecule has 0 heterocycles. The van der Waals surface area contributed by atoms with Gasteiger partial charge in [0.25, 0.3) is 0 Å². The van der Waals surface area contributed by atoms with Gasteiger partial charge in [0.05, 0.1) is 7.11 Å². The zero-order chi connectivity index (χ0) is 28.7. The average molecular weight is 548 g/mol. The van der Waals surface area contributed by atoms with E-state index < -0.39 is 29.5 Å². The summed E-state index contributed by atoms with van der Waals surface area (Å²) in [6.45, 7) is 4.02. The Morgan fingerprint density at radius 2 is 1.52 bits per heavy atom. The molecule has 2 fully saturated rings. The lowest BCUT2D eigenvalue weighted by Crippen LogP contribution is -2.59. The molecule has 0 saturated heterocycles. The molecule has 8 heteroatoms. The number of esters is 1. The third-order valence-corrected chi connectivity index (χ3v) is 8.03. The highest BCUT2D eigenvalue weighted by molar-refractivity contribution is 5.98. The van der Waals surface area contributed by atoms with Crippen LogP contribution in [0.5, 0.6) is 0 Å². The van der Waals surface area contributed by atoms with Gasteiger partial charge >= 0.3 is 5.97 Å². The number of hydrogen-bond acceptors (Lipinski definition) is 5. The van der Waals surface area contributed by atoms with Gasteiger partial charge in [-0.3, -0.25) is 14.4 Å². The van der Waals surface area contributed by atoms with E-state index in [-0.39, 0.29) is 30.1 Å². The predicted molar refractivity (Wildman–Crippen MR) is 152 cm³/mol. The topological polar surface area (TPSA) is 114 Å². The molecule has 2 aromatic carbocycles. The highest BCUT2D eigenvalue weighted by atomic mass is 16.5. The van der Waals surface area contributed by atoms with Crippen LogP contribution < -0.4 is 16.0 Å². The SMILES string of the molecule is COC(=O)[C@H](Cc1ccccc1)NC(=O)[C@@]1(NC(=O)[C@H](CCc2ccccc2)NC(=O)CC2CC2)C[C@H]1C(C)C.